The summed E-state index contributed by atoms with van der Waals surface area (Å²) in [5, 5.41) is 5.46. The highest BCUT2D eigenvalue weighted by Gasteiger charge is 2.56. The minimum atomic E-state index is -3.97. The van der Waals surface area contributed by atoms with Crippen LogP contribution < -0.4 is 14.3 Å². The number of ether oxygens (including phenoxy) is 2. The molecule has 2 aromatic rings. The third-order valence-electron chi connectivity index (χ3n) is 10.8. The lowest BCUT2D eigenvalue weighted by Crippen LogP contribution is -2.45. The predicted molar refractivity (Wildman–Crippen MR) is 162 cm³/mol. The zero-order valence-corrected chi connectivity index (χ0v) is 27.3. The zero-order valence-electron chi connectivity index (χ0n) is 25.5. The normalized spacial score (nSPS) is 27.8. The van der Waals surface area contributed by atoms with Gasteiger partial charge in [0.05, 0.1) is 12.0 Å². The molecule has 0 aromatic heterocycles. The van der Waals surface area contributed by atoms with Gasteiger partial charge >= 0.3 is 5.97 Å². The van der Waals surface area contributed by atoms with Crippen LogP contribution in [0.5, 0.6) is 11.5 Å². The number of fused-ring (bicyclic) bond motifs is 5. The lowest BCUT2D eigenvalue weighted by molar-refractivity contribution is -0.0429. The van der Waals surface area contributed by atoms with Crippen molar-refractivity contribution in [2.45, 2.75) is 101 Å². The van der Waals surface area contributed by atoms with Gasteiger partial charge in [-0.1, -0.05) is 33.8 Å². The molecule has 9 heteroatoms. The van der Waals surface area contributed by atoms with Crippen molar-refractivity contribution in [3.05, 3.63) is 53.1 Å². The minimum Gasteiger partial charge on any atom is -0.543 e. The van der Waals surface area contributed by atoms with Crippen LogP contribution in [0.25, 0.3) is 0 Å². The SMILES string of the molecule is COc1ccc(S(N)(=O)=O)cc1C(=O)O[C@H]1CCC2C3CCc4cc(O[Si](C)(C)C(C)(C)C)ccc4C3CC[C@@]21C. The molecular weight excluding hydrogens is 555 g/mol. The molecule has 3 unspecified atom stereocenters. The molecule has 41 heavy (non-hydrogen) atoms. The van der Waals surface area contributed by atoms with Gasteiger partial charge in [0.15, 0.2) is 0 Å². The van der Waals surface area contributed by atoms with Gasteiger partial charge in [0.2, 0.25) is 18.3 Å². The van der Waals surface area contributed by atoms with Crippen molar-refractivity contribution in [2.75, 3.05) is 7.11 Å². The van der Waals surface area contributed by atoms with Crippen molar-refractivity contribution in [3.8, 4) is 11.5 Å². The fourth-order valence-electron chi connectivity index (χ4n) is 7.43. The fourth-order valence-corrected chi connectivity index (χ4v) is 8.99. The first-order valence-corrected chi connectivity index (χ1v) is 19.2. The second-order valence-corrected chi connectivity index (χ2v) is 20.3. The highest BCUT2D eigenvalue weighted by Crippen LogP contribution is 2.61. The van der Waals surface area contributed by atoms with Crippen molar-refractivity contribution in [3.63, 3.8) is 0 Å². The van der Waals surface area contributed by atoms with Crippen molar-refractivity contribution in [1.82, 2.24) is 0 Å². The molecule has 0 bridgehead atoms. The molecule has 0 radical (unpaired) electrons. The second-order valence-electron chi connectivity index (χ2n) is 14.1. The monoisotopic (exact) mass is 599 g/mol. The number of benzene rings is 2. The van der Waals surface area contributed by atoms with Crippen molar-refractivity contribution >= 4 is 24.3 Å². The van der Waals surface area contributed by atoms with E-state index in [0.29, 0.717) is 17.8 Å². The number of methoxy groups -OCH3 is 1. The van der Waals surface area contributed by atoms with E-state index in [1.54, 1.807) is 0 Å². The number of carbonyl (C=O) groups excluding carboxylic acids is 1. The summed E-state index contributed by atoms with van der Waals surface area (Å²) in [7, 11) is -4.43. The Morgan fingerprint density at radius 1 is 1.05 bits per heavy atom. The van der Waals surface area contributed by atoms with E-state index in [0.717, 1.165) is 44.3 Å². The number of rotatable bonds is 6. The predicted octanol–water partition coefficient (Wildman–Crippen LogP) is 6.81. The van der Waals surface area contributed by atoms with Gasteiger partial charge in [0, 0.05) is 5.41 Å². The molecular formula is C32H45NO6SSi. The van der Waals surface area contributed by atoms with Crippen LogP contribution in [-0.2, 0) is 21.2 Å². The summed E-state index contributed by atoms with van der Waals surface area (Å²) in [4.78, 5) is 13.2. The largest absolute Gasteiger partial charge is 0.543 e. The number of primary sulfonamides is 1. The maximum atomic E-state index is 13.4. The van der Waals surface area contributed by atoms with E-state index in [4.69, 9.17) is 19.0 Å². The Bertz CT molecular complexity index is 1450. The standard InChI is InChI=1S/C32H45NO6SSi/c1-31(2,3)41(6,7)39-21-9-12-23-20(18-21)8-11-25-24(23)16-17-32(4)27(25)13-15-29(32)38-30(34)26-19-22(40(33,35)36)10-14-28(26)37-5/h9-10,12,14,18-19,24-25,27,29H,8,11,13,15-17H2,1-7H3,(H2,33,35,36)/t24?,25?,27?,29-,32-/m0/s1. The third-order valence-corrected chi connectivity index (χ3v) is 16.0. The van der Waals surface area contributed by atoms with E-state index in [2.05, 4.69) is 59.0 Å². The van der Waals surface area contributed by atoms with E-state index in [-0.39, 0.29) is 32.8 Å². The Kier molecular flexibility index (Phi) is 7.65. The first-order chi connectivity index (χ1) is 19.0. The highest BCUT2D eigenvalue weighted by atomic mass is 32.2. The number of esters is 1. The first kappa shape index (κ1) is 30.1. The molecule has 0 spiro atoms. The van der Waals surface area contributed by atoms with E-state index < -0.39 is 24.3 Å². The molecule has 5 rings (SSSR count). The average molecular weight is 600 g/mol. The number of sulfonamides is 1. The van der Waals surface area contributed by atoms with Gasteiger partial charge < -0.3 is 13.9 Å². The van der Waals surface area contributed by atoms with Crippen LogP contribution in [0.4, 0.5) is 0 Å². The Morgan fingerprint density at radius 3 is 2.44 bits per heavy atom. The van der Waals surface area contributed by atoms with Crippen molar-refractivity contribution in [1.29, 1.82) is 0 Å². The summed E-state index contributed by atoms with van der Waals surface area (Å²) < 4.78 is 41.9. The number of nitrogens with two attached hydrogens (primary N) is 1. The molecule has 0 aliphatic heterocycles. The second kappa shape index (κ2) is 10.4. The smallest absolute Gasteiger partial charge is 0.342 e. The quantitative estimate of drug-likeness (QED) is 0.289. The van der Waals surface area contributed by atoms with Gasteiger partial charge in [0.25, 0.3) is 0 Å². The number of aryl methyl sites for hydroxylation is 1. The number of hydrogen-bond donors (Lipinski definition) is 1. The van der Waals surface area contributed by atoms with Crippen molar-refractivity contribution < 1.29 is 27.1 Å². The van der Waals surface area contributed by atoms with Crippen LogP contribution in [0.1, 0.15) is 87.2 Å². The lowest BCUT2D eigenvalue weighted by Gasteiger charge is -2.50. The lowest BCUT2D eigenvalue weighted by atomic mass is 9.55. The van der Waals surface area contributed by atoms with Crippen molar-refractivity contribution in [2.24, 2.45) is 22.4 Å². The molecule has 2 aromatic carbocycles. The average Bonchev–Trinajstić information content (AvgIpc) is 3.22. The van der Waals surface area contributed by atoms with Crippen LogP contribution in [0.15, 0.2) is 41.3 Å². The summed E-state index contributed by atoms with van der Waals surface area (Å²) in [6, 6.07) is 10.8. The summed E-state index contributed by atoms with van der Waals surface area (Å²) in [6.45, 7) is 13.7. The van der Waals surface area contributed by atoms with E-state index >= 15 is 0 Å². The molecule has 0 heterocycles. The summed E-state index contributed by atoms with van der Waals surface area (Å²) in [5.41, 5.74) is 2.86. The van der Waals surface area contributed by atoms with Crippen LogP contribution in [0.2, 0.25) is 18.1 Å². The van der Waals surface area contributed by atoms with Gasteiger partial charge in [-0.2, -0.15) is 0 Å². The van der Waals surface area contributed by atoms with Gasteiger partial charge in [-0.05, 0) is 116 Å². The molecule has 2 saturated carbocycles. The van der Waals surface area contributed by atoms with Gasteiger partial charge in [-0.3, -0.25) is 0 Å². The molecule has 2 fully saturated rings. The highest BCUT2D eigenvalue weighted by molar-refractivity contribution is 7.89. The Hall–Kier alpha value is -2.36. The Labute approximate surface area is 246 Å². The first-order valence-electron chi connectivity index (χ1n) is 14.8. The maximum Gasteiger partial charge on any atom is 0.342 e. The van der Waals surface area contributed by atoms with Crippen LogP contribution >= 0.6 is 0 Å². The van der Waals surface area contributed by atoms with Crippen LogP contribution in [-0.4, -0.2) is 35.9 Å². The topological polar surface area (TPSA) is 105 Å². The Morgan fingerprint density at radius 2 is 1.78 bits per heavy atom. The number of hydrogen-bond acceptors (Lipinski definition) is 6. The van der Waals surface area contributed by atoms with Gasteiger partial charge in [-0.25, -0.2) is 18.4 Å². The maximum absolute atomic E-state index is 13.4. The van der Waals surface area contributed by atoms with E-state index in [9.17, 15) is 13.2 Å². The Balaban J connectivity index is 1.33. The zero-order chi connectivity index (χ0) is 30.0. The number of carbonyl (C=O) groups is 1. The molecule has 3 aliphatic rings. The molecule has 5 atom stereocenters. The minimum absolute atomic E-state index is 0.0853. The third kappa shape index (κ3) is 5.45. The summed E-state index contributed by atoms with van der Waals surface area (Å²) >= 11 is 0. The van der Waals surface area contributed by atoms with Gasteiger partial charge in [0.1, 0.15) is 23.2 Å². The molecule has 224 valence electrons. The fraction of sp³-hybridized carbons (Fsp3) is 0.594. The summed E-state index contributed by atoms with van der Waals surface area (Å²) in [5.74, 6) is 2.24. The van der Waals surface area contributed by atoms with E-state index in [1.165, 1.54) is 36.4 Å². The van der Waals surface area contributed by atoms with Crippen LogP contribution in [0.3, 0.4) is 0 Å². The molecule has 2 N–H and O–H groups in total. The van der Waals surface area contributed by atoms with E-state index in [1.807, 2.05) is 0 Å². The molecule has 3 aliphatic carbocycles. The molecule has 7 nitrogen and oxygen atoms in total. The molecule has 0 amide bonds. The summed E-state index contributed by atoms with van der Waals surface area (Å²) in [6.07, 6.45) is 5.81. The molecule has 0 saturated heterocycles. The van der Waals surface area contributed by atoms with Gasteiger partial charge in [-0.15, -0.1) is 0 Å². The van der Waals surface area contributed by atoms with Crippen LogP contribution in [0, 0.1) is 17.3 Å².